The van der Waals surface area contributed by atoms with E-state index >= 15 is 0 Å². The van der Waals surface area contributed by atoms with Crippen LogP contribution in [0.2, 0.25) is 0 Å². The van der Waals surface area contributed by atoms with Gasteiger partial charge in [0.1, 0.15) is 0 Å². The van der Waals surface area contributed by atoms with E-state index in [1.165, 1.54) is 152 Å². The fourth-order valence-corrected chi connectivity index (χ4v) is 21.5. The fraction of sp³-hybridized carbons (Fsp3) is 0.710. The molecule has 21 atom stereocenters. The summed E-state index contributed by atoms with van der Waals surface area (Å²) in [5.41, 5.74) is 4.38. The molecule has 10 fully saturated rings. The van der Waals surface area contributed by atoms with Crippen molar-refractivity contribution in [3.8, 4) is 0 Å². The van der Waals surface area contributed by atoms with Crippen LogP contribution in [0.4, 0.5) is 0 Å². The van der Waals surface area contributed by atoms with Gasteiger partial charge in [0.05, 0.1) is 37.6 Å². The number of unbranched alkanes of at least 4 members (excludes halogenated alkanes) is 1. The Morgan fingerprint density at radius 2 is 0.700 bits per heavy atom. The van der Waals surface area contributed by atoms with E-state index in [-0.39, 0.29) is 24.4 Å². The molecular formula is C62H84O6P2. The average molecular weight is 987 g/mol. The van der Waals surface area contributed by atoms with Gasteiger partial charge in [0.25, 0.3) is 0 Å². The lowest BCUT2D eigenvalue weighted by atomic mass is 9.49. The summed E-state index contributed by atoms with van der Waals surface area (Å²) >= 11 is 0. The molecule has 0 bridgehead atoms. The van der Waals surface area contributed by atoms with Crippen molar-refractivity contribution in [3.05, 3.63) is 108 Å². The van der Waals surface area contributed by atoms with Crippen molar-refractivity contribution in [2.75, 3.05) is 13.2 Å². The van der Waals surface area contributed by atoms with Crippen LogP contribution < -0.4 is 0 Å². The van der Waals surface area contributed by atoms with Crippen LogP contribution in [0.15, 0.2) is 91.0 Å². The summed E-state index contributed by atoms with van der Waals surface area (Å²) in [5.74, 6) is 9.45. The SMILES string of the molecule is c1ccc(C2CC3CCCCC3[C@@H]3C2OP(OCCCCOP2OC4C(c5ccccc5)CC5CCCCC5[C@H]4[C@H]4C5CCCCC5C[C@@H](c5ccccc5)C4O2)OC2CCC4CCCCC4[C@@H]23)cc1. The zero-order chi connectivity index (χ0) is 46.4. The van der Waals surface area contributed by atoms with Gasteiger partial charge in [-0.2, -0.15) is 0 Å². The highest BCUT2D eigenvalue weighted by molar-refractivity contribution is 7.42. The molecule has 2 heterocycles. The Morgan fingerprint density at radius 1 is 0.357 bits per heavy atom. The highest BCUT2D eigenvalue weighted by Gasteiger charge is 2.61. The van der Waals surface area contributed by atoms with E-state index in [0.29, 0.717) is 66.5 Å². The van der Waals surface area contributed by atoms with E-state index in [4.69, 9.17) is 27.1 Å². The second-order valence-electron chi connectivity index (χ2n) is 24.7. The number of rotatable bonds is 10. The normalized spacial score (nSPS) is 44.5. The first-order valence-electron chi connectivity index (χ1n) is 29.4. The Hall–Kier alpha value is -1.72. The zero-order valence-corrected chi connectivity index (χ0v) is 43.9. The van der Waals surface area contributed by atoms with Gasteiger partial charge in [-0.3, -0.25) is 0 Å². The summed E-state index contributed by atoms with van der Waals surface area (Å²) in [6.07, 6.45) is 30.7. The monoisotopic (exact) mass is 987 g/mol. The van der Waals surface area contributed by atoms with Crippen LogP contribution in [0.3, 0.4) is 0 Å². The summed E-state index contributed by atoms with van der Waals surface area (Å²) in [4.78, 5) is 0. The Kier molecular flexibility index (Phi) is 15.0. The zero-order valence-electron chi connectivity index (χ0n) is 42.2. The fourth-order valence-electron chi connectivity index (χ4n) is 18.7. The van der Waals surface area contributed by atoms with Crippen LogP contribution in [0.25, 0.3) is 0 Å². The molecule has 13 rings (SSSR count). The minimum atomic E-state index is -1.55. The third kappa shape index (κ3) is 9.52. The molecule has 0 amide bonds. The number of benzene rings is 3. The van der Waals surface area contributed by atoms with Gasteiger partial charge >= 0.3 is 17.2 Å². The maximum atomic E-state index is 7.58. The molecule has 8 saturated carbocycles. The summed E-state index contributed by atoms with van der Waals surface area (Å²) in [5, 5.41) is 0. The second-order valence-corrected chi connectivity index (χ2v) is 26.9. The number of fused-ring (bicyclic) bond motifs is 14. The van der Waals surface area contributed by atoms with Gasteiger partial charge in [0.15, 0.2) is 0 Å². The van der Waals surface area contributed by atoms with Crippen LogP contribution in [0.5, 0.6) is 0 Å². The molecule has 10 aliphatic rings. The lowest BCUT2D eigenvalue weighted by Crippen LogP contribution is -2.55. The van der Waals surface area contributed by atoms with Gasteiger partial charge in [0.2, 0.25) is 0 Å². The van der Waals surface area contributed by atoms with Crippen molar-refractivity contribution in [2.24, 2.45) is 71.0 Å². The molecule has 6 nitrogen and oxygen atoms in total. The van der Waals surface area contributed by atoms with Crippen molar-refractivity contribution in [1.82, 2.24) is 0 Å². The number of hydrogen-bond acceptors (Lipinski definition) is 6. The Bertz CT molecular complexity index is 2050. The molecule has 378 valence electrons. The van der Waals surface area contributed by atoms with E-state index in [0.717, 1.165) is 48.3 Å². The van der Waals surface area contributed by atoms with E-state index < -0.39 is 17.2 Å². The minimum Gasteiger partial charge on any atom is -0.312 e. The van der Waals surface area contributed by atoms with Crippen molar-refractivity contribution in [1.29, 1.82) is 0 Å². The Morgan fingerprint density at radius 3 is 1.11 bits per heavy atom. The average Bonchev–Trinajstić information content (AvgIpc) is 3.71. The molecular weight excluding hydrogens is 903 g/mol. The predicted molar refractivity (Wildman–Crippen MR) is 281 cm³/mol. The minimum absolute atomic E-state index is 0.121. The lowest BCUT2D eigenvalue weighted by Gasteiger charge is -2.57. The molecule has 0 radical (unpaired) electrons. The Labute approximate surface area is 424 Å². The standard InChI is InChI=1S/C62H84O6P2/c1-4-20-41(21-5-1)52-38-45-27-11-15-31-49(45)57-56-48-30-14-10-26-44(48)34-35-55(56)65-69(66-60(52)57)63-36-18-19-37-64-70-67-61-53(42-22-6-2-7-23-42)39-46-28-12-16-32-50(46)58(61)59-51-33-17-13-29-47(51)40-54(62(59)68-70)43-24-8-3-9-25-43/h1-9,20-25,44-62H,10-19,26-40H2/t44?,45?,46?,47?,48?,49?,50?,51?,52?,53-,54?,55?,56-,57-,58+,59-,60?,61?,62?,69?,70?/m0/s1. The third-order valence-corrected chi connectivity index (χ3v) is 23.9. The first-order chi connectivity index (χ1) is 34.7. The summed E-state index contributed by atoms with van der Waals surface area (Å²) < 4.78 is 43.8. The van der Waals surface area contributed by atoms with Gasteiger partial charge in [-0.05, 0) is 158 Å². The summed E-state index contributed by atoms with van der Waals surface area (Å²) in [6.45, 7) is 1.25. The highest BCUT2D eigenvalue weighted by atomic mass is 31.2. The molecule has 3 aromatic carbocycles. The maximum absolute atomic E-state index is 7.58. The van der Waals surface area contributed by atoms with Crippen LogP contribution >= 0.6 is 17.2 Å². The number of hydrogen-bond donors (Lipinski definition) is 0. The lowest BCUT2D eigenvalue weighted by molar-refractivity contribution is -0.0994. The van der Waals surface area contributed by atoms with Crippen molar-refractivity contribution in [2.45, 2.75) is 190 Å². The van der Waals surface area contributed by atoms with E-state index in [2.05, 4.69) is 91.0 Å². The van der Waals surface area contributed by atoms with Gasteiger partial charge in [-0.1, -0.05) is 168 Å². The van der Waals surface area contributed by atoms with Gasteiger partial charge in [-0.15, -0.1) is 0 Å². The first-order valence-corrected chi connectivity index (χ1v) is 31.6. The third-order valence-electron chi connectivity index (χ3n) is 21.4. The molecule has 0 N–H and O–H groups in total. The largest absolute Gasteiger partial charge is 0.333 e. The molecule has 8 heteroatoms. The molecule has 16 unspecified atom stereocenters. The quantitative estimate of drug-likeness (QED) is 0.149. The maximum Gasteiger partial charge on any atom is 0.333 e. The smallest absolute Gasteiger partial charge is 0.312 e. The summed E-state index contributed by atoms with van der Waals surface area (Å²) in [7, 11) is -3.01. The van der Waals surface area contributed by atoms with Crippen LogP contribution in [0, 0.1) is 71.0 Å². The summed E-state index contributed by atoms with van der Waals surface area (Å²) in [6, 6.07) is 34.4. The van der Waals surface area contributed by atoms with Crippen molar-refractivity contribution < 1.29 is 27.1 Å². The molecule has 0 spiro atoms. The van der Waals surface area contributed by atoms with Gasteiger partial charge < -0.3 is 27.1 Å². The highest BCUT2D eigenvalue weighted by Crippen LogP contribution is 2.67. The molecule has 70 heavy (non-hydrogen) atoms. The van der Waals surface area contributed by atoms with Crippen LogP contribution in [-0.4, -0.2) is 37.6 Å². The second kappa shape index (κ2) is 21.9. The van der Waals surface area contributed by atoms with Crippen LogP contribution in [0.1, 0.15) is 182 Å². The molecule has 0 aromatic heterocycles. The van der Waals surface area contributed by atoms with E-state index in [1.807, 2.05) is 0 Å². The molecule has 2 aliphatic heterocycles. The van der Waals surface area contributed by atoms with E-state index in [9.17, 15) is 0 Å². The predicted octanol–water partition coefficient (Wildman–Crippen LogP) is 16.9. The Balaban J connectivity index is 0.737. The molecule has 3 aromatic rings. The van der Waals surface area contributed by atoms with Gasteiger partial charge in [0, 0.05) is 17.8 Å². The van der Waals surface area contributed by atoms with E-state index in [1.54, 1.807) is 0 Å². The van der Waals surface area contributed by atoms with Gasteiger partial charge in [-0.25, -0.2) is 0 Å². The van der Waals surface area contributed by atoms with Crippen molar-refractivity contribution in [3.63, 3.8) is 0 Å². The molecule has 8 aliphatic carbocycles. The topological polar surface area (TPSA) is 55.4 Å². The molecule has 2 saturated heterocycles. The first kappa shape index (κ1) is 48.0. The van der Waals surface area contributed by atoms with Crippen LogP contribution in [-0.2, 0) is 27.1 Å². The van der Waals surface area contributed by atoms with Crippen molar-refractivity contribution >= 4 is 17.2 Å².